The molecule has 0 radical (unpaired) electrons. The highest BCUT2D eigenvalue weighted by Crippen LogP contribution is 2.33. The lowest BCUT2D eigenvalue weighted by Crippen LogP contribution is -2.26. The minimum atomic E-state index is -4.64. The first-order valence-corrected chi connectivity index (χ1v) is 9.84. The van der Waals surface area contributed by atoms with Gasteiger partial charge in [-0.3, -0.25) is 9.36 Å². The van der Waals surface area contributed by atoms with Crippen LogP contribution in [0.15, 0.2) is 65.6 Å². The van der Waals surface area contributed by atoms with Crippen molar-refractivity contribution in [2.24, 2.45) is 0 Å². The van der Waals surface area contributed by atoms with E-state index in [0.29, 0.717) is 23.0 Å². The van der Waals surface area contributed by atoms with Crippen LogP contribution in [0.4, 0.5) is 24.9 Å². The van der Waals surface area contributed by atoms with Crippen LogP contribution in [-0.4, -0.2) is 14.5 Å². The molecule has 6 nitrogen and oxygen atoms in total. The molecular weight excluding hydrogens is 419 g/mol. The van der Waals surface area contributed by atoms with Crippen molar-refractivity contribution in [3.63, 3.8) is 0 Å². The number of benzene rings is 2. The highest BCUT2D eigenvalue weighted by Gasteiger charge is 2.34. The molecule has 0 saturated carbocycles. The number of pyridine rings is 1. The average molecular weight is 439 g/mol. The lowest BCUT2D eigenvalue weighted by atomic mass is 10.0. The number of halogens is 3. The number of anilines is 2. The van der Waals surface area contributed by atoms with Gasteiger partial charge in [-0.15, -0.1) is 0 Å². The van der Waals surface area contributed by atoms with Crippen molar-refractivity contribution in [2.45, 2.75) is 26.1 Å². The molecule has 9 heteroatoms. The van der Waals surface area contributed by atoms with Gasteiger partial charge in [-0.2, -0.15) is 18.2 Å². The zero-order chi connectivity index (χ0) is 23.0. The summed E-state index contributed by atoms with van der Waals surface area (Å²) in [5.74, 6) is -0.740. The summed E-state index contributed by atoms with van der Waals surface area (Å²) in [7, 11) is 0. The molecule has 4 rings (SSSR count). The second-order valence-corrected chi connectivity index (χ2v) is 7.44. The van der Waals surface area contributed by atoms with Crippen LogP contribution in [0.5, 0.6) is 0 Å². The Morgan fingerprint density at radius 2 is 1.81 bits per heavy atom. The van der Waals surface area contributed by atoms with Gasteiger partial charge in [0.2, 0.25) is 5.95 Å². The molecule has 0 aliphatic rings. The van der Waals surface area contributed by atoms with Crippen molar-refractivity contribution in [2.75, 3.05) is 11.1 Å². The molecule has 0 aliphatic carbocycles. The fourth-order valence-corrected chi connectivity index (χ4v) is 3.67. The van der Waals surface area contributed by atoms with Crippen molar-refractivity contribution >= 4 is 22.5 Å². The fraction of sp³-hybridized carbons (Fsp3) is 0.174. The minimum absolute atomic E-state index is 0.0700. The predicted molar refractivity (Wildman–Crippen MR) is 118 cm³/mol. The Balaban J connectivity index is 1.83. The summed E-state index contributed by atoms with van der Waals surface area (Å²) in [6.45, 7) is 3.65. The lowest BCUT2D eigenvalue weighted by molar-refractivity contribution is -0.137. The van der Waals surface area contributed by atoms with Crippen LogP contribution in [-0.2, 0) is 6.18 Å². The van der Waals surface area contributed by atoms with Gasteiger partial charge in [-0.1, -0.05) is 36.4 Å². The van der Waals surface area contributed by atoms with E-state index in [1.165, 1.54) is 0 Å². The molecule has 0 fully saturated rings. The van der Waals surface area contributed by atoms with E-state index in [-0.39, 0.29) is 11.5 Å². The van der Waals surface area contributed by atoms with Crippen molar-refractivity contribution < 1.29 is 13.2 Å². The van der Waals surface area contributed by atoms with Gasteiger partial charge in [-0.05, 0) is 43.0 Å². The molecule has 164 valence electrons. The number of nitrogen functional groups attached to an aromatic ring is 1. The summed E-state index contributed by atoms with van der Waals surface area (Å²) < 4.78 is 40.4. The number of rotatable bonds is 4. The van der Waals surface area contributed by atoms with Gasteiger partial charge in [0, 0.05) is 17.6 Å². The number of nitrogens with two attached hydrogens (primary N) is 1. The minimum Gasteiger partial charge on any atom is -0.383 e. The van der Waals surface area contributed by atoms with Gasteiger partial charge in [-0.25, -0.2) is 4.98 Å². The number of hydrogen-bond donors (Lipinski definition) is 2. The summed E-state index contributed by atoms with van der Waals surface area (Å²) in [4.78, 5) is 21.0. The molecule has 4 aromatic rings. The summed E-state index contributed by atoms with van der Waals surface area (Å²) in [5, 5.41) is 4.33. The fourth-order valence-electron chi connectivity index (χ4n) is 3.67. The van der Waals surface area contributed by atoms with Gasteiger partial charge >= 0.3 is 6.18 Å². The Kier molecular flexibility index (Phi) is 5.33. The van der Waals surface area contributed by atoms with Crippen LogP contribution in [0.2, 0.25) is 0 Å². The molecule has 2 aromatic heterocycles. The first-order chi connectivity index (χ1) is 15.2. The van der Waals surface area contributed by atoms with Gasteiger partial charge in [0.1, 0.15) is 11.4 Å². The van der Waals surface area contributed by atoms with E-state index in [0.717, 1.165) is 10.9 Å². The molecule has 0 amide bonds. The van der Waals surface area contributed by atoms with Crippen LogP contribution in [0, 0.1) is 6.92 Å². The van der Waals surface area contributed by atoms with E-state index in [1.807, 2.05) is 61.5 Å². The second kappa shape index (κ2) is 7.99. The van der Waals surface area contributed by atoms with Crippen LogP contribution >= 0.6 is 0 Å². The molecule has 0 aliphatic heterocycles. The molecule has 0 bridgehead atoms. The van der Waals surface area contributed by atoms with E-state index in [2.05, 4.69) is 15.3 Å². The van der Waals surface area contributed by atoms with Crippen molar-refractivity contribution in [3.8, 4) is 5.69 Å². The number of alkyl halides is 3. The van der Waals surface area contributed by atoms with Crippen molar-refractivity contribution in [3.05, 3.63) is 88.0 Å². The topological polar surface area (TPSA) is 85.8 Å². The zero-order valence-electron chi connectivity index (χ0n) is 17.3. The highest BCUT2D eigenvalue weighted by molar-refractivity contribution is 5.85. The Bertz CT molecular complexity index is 1350. The largest absolute Gasteiger partial charge is 0.421 e. The highest BCUT2D eigenvalue weighted by atomic mass is 19.4. The molecule has 2 heterocycles. The number of nitrogens with zero attached hydrogens (tertiary/aromatic N) is 3. The number of fused-ring (bicyclic) bond motifs is 1. The standard InChI is InChI=1S/C23H20F3N5O/c1-13-7-6-8-15-11-18(31(21(32)19(13)15)16-9-4-3-5-10-16)14(2)29-22-28-12-17(20(27)30-22)23(24,25)26/h3-12,14H,1-2H3,(H3,27,28,29,30)/t14-/m0/s1. The number of hydrogen-bond acceptors (Lipinski definition) is 5. The zero-order valence-corrected chi connectivity index (χ0v) is 17.3. The van der Waals surface area contributed by atoms with Crippen LogP contribution in [0.25, 0.3) is 16.5 Å². The summed E-state index contributed by atoms with van der Waals surface area (Å²) in [6, 6.07) is 16.1. The Morgan fingerprint density at radius 1 is 1.09 bits per heavy atom. The number of nitrogens with one attached hydrogen (secondary N) is 1. The van der Waals surface area contributed by atoms with Crippen molar-refractivity contribution in [1.29, 1.82) is 0 Å². The van der Waals surface area contributed by atoms with Crippen LogP contribution in [0.3, 0.4) is 0 Å². The predicted octanol–water partition coefficient (Wildman–Crippen LogP) is 4.86. The molecule has 0 unspecified atom stereocenters. The van der Waals surface area contributed by atoms with E-state index >= 15 is 0 Å². The second-order valence-electron chi connectivity index (χ2n) is 7.44. The van der Waals surface area contributed by atoms with Crippen LogP contribution < -0.4 is 16.6 Å². The van der Waals surface area contributed by atoms with Gasteiger partial charge in [0.25, 0.3) is 5.56 Å². The average Bonchev–Trinajstić information content (AvgIpc) is 2.73. The molecule has 3 N–H and O–H groups in total. The number of aromatic nitrogens is 3. The smallest absolute Gasteiger partial charge is 0.383 e. The maximum Gasteiger partial charge on any atom is 0.421 e. The third-order valence-corrected chi connectivity index (χ3v) is 5.21. The van der Waals surface area contributed by atoms with Crippen LogP contribution in [0.1, 0.15) is 29.8 Å². The van der Waals surface area contributed by atoms with E-state index in [1.54, 1.807) is 11.5 Å². The van der Waals surface area contributed by atoms with E-state index < -0.39 is 23.6 Å². The monoisotopic (exact) mass is 439 g/mol. The van der Waals surface area contributed by atoms with Gasteiger partial charge in [0.15, 0.2) is 0 Å². The Labute approximate surface area is 181 Å². The third kappa shape index (κ3) is 3.89. The molecule has 0 saturated heterocycles. The lowest BCUT2D eigenvalue weighted by Gasteiger charge is -2.21. The SMILES string of the molecule is Cc1cccc2cc([C@H](C)Nc3ncc(C(F)(F)F)c(N)n3)n(-c3ccccc3)c(=O)c12. The first-order valence-electron chi connectivity index (χ1n) is 9.84. The van der Waals surface area contributed by atoms with E-state index in [4.69, 9.17) is 5.73 Å². The summed E-state index contributed by atoms with van der Waals surface area (Å²) >= 11 is 0. The third-order valence-electron chi connectivity index (χ3n) is 5.21. The Hall–Kier alpha value is -3.88. The maximum absolute atomic E-state index is 13.5. The molecule has 2 aromatic carbocycles. The van der Waals surface area contributed by atoms with Crippen molar-refractivity contribution in [1.82, 2.24) is 14.5 Å². The quantitative estimate of drug-likeness (QED) is 0.474. The summed E-state index contributed by atoms with van der Waals surface area (Å²) in [6.07, 6.45) is -4.00. The molecule has 1 atom stereocenters. The first kappa shape index (κ1) is 21.4. The molecule has 0 spiro atoms. The van der Waals surface area contributed by atoms with Gasteiger partial charge < -0.3 is 11.1 Å². The normalized spacial score (nSPS) is 12.7. The van der Waals surface area contributed by atoms with E-state index in [9.17, 15) is 18.0 Å². The molecular formula is C23H20F3N5O. The Morgan fingerprint density at radius 3 is 2.47 bits per heavy atom. The van der Waals surface area contributed by atoms with Gasteiger partial charge in [0.05, 0.1) is 11.4 Å². The summed E-state index contributed by atoms with van der Waals surface area (Å²) in [5.41, 5.74) is 6.32. The maximum atomic E-state index is 13.5. The number of para-hydroxylation sites is 1. The molecule has 32 heavy (non-hydrogen) atoms. The number of aryl methyl sites for hydroxylation is 1.